The van der Waals surface area contributed by atoms with E-state index < -0.39 is 0 Å². The number of hydrogen-bond donors (Lipinski definition) is 1. The van der Waals surface area contributed by atoms with Crippen LogP contribution in [0.4, 0.5) is 0 Å². The van der Waals surface area contributed by atoms with Gasteiger partial charge in [0.2, 0.25) is 0 Å². The molecule has 0 unspecified atom stereocenters. The lowest BCUT2D eigenvalue weighted by Crippen LogP contribution is -2.37. The third kappa shape index (κ3) is 2.16. The third-order valence-electron chi connectivity index (χ3n) is 3.93. The molecule has 19 heavy (non-hydrogen) atoms. The largest absolute Gasteiger partial charge is 0.376 e. The fourth-order valence-corrected chi connectivity index (χ4v) is 3.02. The molecule has 3 rings (SSSR count). The van der Waals surface area contributed by atoms with Crippen LogP contribution in [0.15, 0.2) is 24.3 Å². The highest BCUT2D eigenvalue weighted by atomic mass is 32.1. The first-order chi connectivity index (χ1) is 9.16. The minimum atomic E-state index is 0.495. The van der Waals surface area contributed by atoms with Crippen LogP contribution in [-0.4, -0.2) is 28.1 Å². The number of fused-ring (bicyclic) bond motifs is 2. The van der Waals surface area contributed by atoms with Crippen LogP contribution in [0.1, 0.15) is 16.8 Å². The molecule has 1 aliphatic rings. The molecular formula is C15H17N3S. The van der Waals surface area contributed by atoms with Crippen molar-refractivity contribution in [3.05, 3.63) is 41.1 Å². The fraction of sp³-hybridized carbons (Fsp3) is 0.333. The zero-order chi connectivity index (χ0) is 13.4. The second kappa shape index (κ2) is 4.78. The molecule has 1 aromatic heterocycles. The average molecular weight is 271 g/mol. The summed E-state index contributed by atoms with van der Waals surface area (Å²) in [6.45, 7) is 3.95. The van der Waals surface area contributed by atoms with Crippen molar-refractivity contribution < 1.29 is 0 Å². The summed E-state index contributed by atoms with van der Waals surface area (Å²) in [5.41, 5.74) is 10.8. The Balaban J connectivity index is 2.09. The van der Waals surface area contributed by atoms with Crippen molar-refractivity contribution >= 4 is 28.2 Å². The SMILES string of the molecule is Cc1c2c(nc3ccccc13)CCN(C(N)=S)CC2. The first-order valence-electron chi connectivity index (χ1n) is 6.58. The molecule has 0 amide bonds. The van der Waals surface area contributed by atoms with Gasteiger partial charge >= 0.3 is 0 Å². The number of benzene rings is 1. The zero-order valence-electron chi connectivity index (χ0n) is 11.0. The summed E-state index contributed by atoms with van der Waals surface area (Å²) in [5, 5.41) is 1.75. The number of thiocarbonyl (C=S) groups is 1. The van der Waals surface area contributed by atoms with E-state index in [9.17, 15) is 0 Å². The van der Waals surface area contributed by atoms with Gasteiger partial charge in [-0.1, -0.05) is 18.2 Å². The minimum absolute atomic E-state index is 0.495. The van der Waals surface area contributed by atoms with Gasteiger partial charge in [-0.2, -0.15) is 0 Å². The zero-order valence-corrected chi connectivity index (χ0v) is 11.8. The molecule has 3 nitrogen and oxygen atoms in total. The van der Waals surface area contributed by atoms with Crippen LogP contribution >= 0.6 is 12.2 Å². The Bertz CT molecular complexity index is 651. The summed E-state index contributed by atoms with van der Waals surface area (Å²) < 4.78 is 0. The highest BCUT2D eigenvalue weighted by Gasteiger charge is 2.18. The Labute approximate surface area is 118 Å². The molecule has 2 aromatic rings. The predicted molar refractivity (Wildman–Crippen MR) is 82.2 cm³/mol. The number of nitrogens with two attached hydrogens (primary N) is 1. The van der Waals surface area contributed by atoms with Gasteiger partial charge in [-0.25, -0.2) is 0 Å². The van der Waals surface area contributed by atoms with Crippen molar-refractivity contribution in [3.8, 4) is 0 Å². The van der Waals surface area contributed by atoms with Gasteiger partial charge in [0.25, 0.3) is 0 Å². The maximum absolute atomic E-state index is 5.75. The molecule has 0 radical (unpaired) electrons. The van der Waals surface area contributed by atoms with Crippen LogP contribution in [-0.2, 0) is 12.8 Å². The standard InChI is InChI=1S/C15H17N3S/c1-10-11-4-2-3-5-13(11)17-14-7-9-18(15(16)19)8-6-12(10)14/h2-5H,6-9H2,1H3,(H2,16,19). The van der Waals surface area contributed by atoms with Crippen LogP contribution in [0, 0.1) is 6.92 Å². The number of hydrogen-bond acceptors (Lipinski definition) is 2. The van der Waals surface area contributed by atoms with E-state index in [-0.39, 0.29) is 0 Å². The van der Waals surface area contributed by atoms with E-state index in [1.54, 1.807) is 0 Å². The number of rotatable bonds is 0. The second-order valence-electron chi connectivity index (χ2n) is 5.00. The number of para-hydroxylation sites is 1. The molecular weight excluding hydrogens is 254 g/mol. The lowest BCUT2D eigenvalue weighted by molar-refractivity contribution is 0.441. The van der Waals surface area contributed by atoms with Crippen molar-refractivity contribution in [2.45, 2.75) is 19.8 Å². The maximum atomic E-state index is 5.75. The first kappa shape index (κ1) is 12.4. The van der Waals surface area contributed by atoms with Gasteiger partial charge in [0.15, 0.2) is 5.11 Å². The van der Waals surface area contributed by atoms with Crippen LogP contribution in [0.3, 0.4) is 0 Å². The third-order valence-corrected chi connectivity index (χ3v) is 4.18. The molecule has 98 valence electrons. The normalized spacial score (nSPS) is 15.1. The smallest absolute Gasteiger partial charge is 0.166 e. The Hall–Kier alpha value is -1.68. The van der Waals surface area contributed by atoms with E-state index in [2.05, 4.69) is 30.0 Å². The maximum Gasteiger partial charge on any atom is 0.166 e. The van der Waals surface area contributed by atoms with Gasteiger partial charge in [-0.05, 0) is 42.8 Å². The lowest BCUT2D eigenvalue weighted by atomic mass is 9.99. The second-order valence-corrected chi connectivity index (χ2v) is 5.42. The summed E-state index contributed by atoms with van der Waals surface area (Å²) in [6, 6.07) is 8.34. The highest BCUT2D eigenvalue weighted by Crippen LogP contribution is 2.25. The summed E-state index contributed by atoms with van der Waals surface area (Å²) in [5.74, 6) is 0. The molecule has 0 bridgehead atoms. The van der Waals surface area contributed by atoms with Gasteiger partial charge in [-0.3, -0.25) is 4.98 Å². The topological polar surface area (TPSA) is 42.2 Å². The minimum Gasteiger partial charge on any atom is -0.376 e. The molecule has 0 saturated carbocycles. The summed E-state index contributed by atoms with van der Waals surface area (Å²) in [6.07, 6.45) is 1.88. The van der Waals surface area contributed by atoms with Gasteiger partial charge in [-0.15, -0.1) is 0 Å². The molecule has 0 saturated heterocycles. The Morgan fingerprint density at radius 1 is 1.26 bits per heavy atom. The van der Waals surface area contributed by atoms with Crippen LogP contribution < -0.4 is 5.73 Å². The number of nitrogens with zero attached hydrogens (tertiary/aromatic N) is 2. The van der Waals surface area contributed by atoms with Crippen molar-refractivity contribution in [2.75, 3.05) is 13.1 Å². The highest BCUT2D eigenvalue weighted by molar-refractivity contribution is 7.80. The fourth-order valence-electron chi connectivity index (χ4n) is 2.84. The lowest BCUT2D eigenvalue weighted by Gasteiger charge is -2.19. The van der Waals surface area contributed by atoms with E-state index in [1.165, 1.54) is 22.2 Å². The summed E-state index contributed by atoms with van der Waals surface area (Å²) >= 11 is 5.09. The molecule has 1 aliphatic heterocycles. The van der Waals surface area contributed by atoms with Crippen molar-refractivity contribution in [1.82, 2.24) is 9.88 Å². The van der Waals surface area contributed by atoms with Crippen molar-refractivity contribution in [1.29, 1.82) is 0 Å². The van der Waals surface area contributed by atoms with E-state index in [0.717, 1.165) is 31.4 Å². The molecule has 2 heterocycles. The molecule has 0 atom stereocenters. The molecule has 2 N–H and O–H groups in total. The van der Waals surface area contributed by atoms with Crippen LogP contribution in [0.25, 0.3) is 10.9 Å². The molecule has 4 heteroatoms. The van der Waals surface area contributed by atoms with Gasteiger partial charge in [0.05, 0.1) is 5.52 Å². The van der Waals surface area contributed by atoms with E-state index in [4.69, 9.17) is 22.9 Å². The van der Waals surface area contributed by atoms with Crippen molar-refractivity contribution in [2.24, 2.45) is 5.73 Å². The summed E-state index contributed by atoms with van der Waals surface area (Å²) in [7, 11) is 0. The van der Waals surface area contributed by atoms with Gasteiger partial charge < -0.3 is 10.6 Å². The van der Waals surface area contributed by atoms with Crippen LogP contribution in [0.5, 0.6) is 0 Å². The molecule has 0 fully saturated rings. The Kier molecular flexibility index (Phi) is 3.11. The van der Waals surface area contributed by atoms with E-state index in [0.29, 0.717) is 5.11 Å². The Morgan fingerprint density at radius 3 is 2.79 bits per heavy atom. The average Bonchev–Trinajstić information content (AvgIpc) is 2.62. The molecule has 0 spiro atoms. The van der Waals surface area contributed by atoms with E-state index >= 15 is 0 Å². The molecule has 1 aromatic carbocycles. The van der Waals surface area contributed by atoms with E-state index in [1.807, 2.05) is 6.07 Å². The summed E-state index contributed by atoms with van der Waals surface area (Å²) in [4.78, 5) is 6.89. The predicted octanol–water partition coefficient (Wildman–Crippen LogP) is 2.19. The Morgan fingerprint density at radius 2 is 2.00 bits per heavy atom. The molecule has 0 aliphatic carbocycles. The van der Waals surface area contributed by atoms with Gasteiger partial charge in [0.1, 0.15) is 0 Å². The van der Waals surface area contributed by atoms with Crippen LogP contribution in [0.2, 0.25) is 0 Å². The first-order valence-corrected chi connectivity index (χ1v) is 6.99. The monoisotopic (exact) mass is 271 g/mol. The number of aryl methyl sites for hydroxylation is 1. The quantitative estimate of drug-likeness (QED) is 0.746. The number of aromatic nitrogens is 1. The van der Waals surface area contributed by atoms with Crippen molar-refractivity contribution in [3.63, 3.8) is 0 Å². The number of pyridine rings is 1. The van der Waals surface area contributed by atoms with Gasteiger partial charge in [0, 0.05) is 30.6 Å².